The fourth-order valence-corrected chi connectivity index (χ4v) is 2.11. The van der Waals surface area contributed by atoms with E-state index in [0.29, 0.717) is 0 Å². The second-order valence-electron chi connectivity index (χ2n) is 4.65. The molecular formula is C14H19N3. The summed E-state index contributed by atoms with van der Waals surface area (Å²) in [7, 11) is 0. The van der Waals surface area contributed by atoms with Crippen molar-refractivity contribution >= 4 is 0 Å². The maximum Gasteiger partial charge on any atom is 0.0602 e. The summed E-state index contributed by atoms with van der Waals surface area (Å²) in [6.07, 6.45) is 1.97. The number of aromatic nitrogens is 2. The molecule has 0 saturated carbocycles. The summed E-state index contributed by atoms with van der Waals surface area (Å²) in [5.74, 6) is 0. The lowest BCUT2D eigenvalue weighted by Gasteiger charge is -2.15. The second-order valence-corrected chi connectivity index (χ2v) is 4.65. The molecule has 0 amide bonds. The van der Waals surface area contributed by atoms with Crippen molar-refractivity contribution in [2.24, 2.45) is 5.73 Å². The van der Waals surface area contributed by atoms with E-state index in [0.717, 1.165) is 12.2 Å². The summed E-state index contributed by atoms with van der Waals surface area (Å²) in [6.45, 7) is 6.91. The van der Waals surface area contributed by atoms with Gasteiger partial charge in [0.05, 0.1) is 12.2 Å². The first-order valence-corrected chi connectivity index (χ1v) is 5.89. The molecule has 1 atom stereocenters. The molecule has 1 aromatic heterocycles. The molecule has 3 nitrogen and oxygen atoms in total. The van der Waals surface area contributed by atoms with Gasteiger partial charge in [0, 0.05) is 12.2 Å². The molecule has 3 heteroatoms. The van der Waals surface area contributed by atoms with E-state index in [2.05, 4.69) is 37.1 Å². The van der Waals surface area contributed by atoms with E-state index in [4.69, 9.17) is 5.73 Å². The van der Waals surface area contributed by atoms with Gasteiger partial charge in [0.25, 0.3) is 0 Å². The molecule has 0 aliphatic carbocycles. The first kappa shape index (κ1) is 11.9. The molecule has 0 spiro atoms. The van der Waals surface area contributed by atoms with Crippen LogP contribution in [0.1, 0.15) is 28.4 Å². The predicted molar refractivity (Wildman–Crippen MR) is 69.8 cm³/mol. The minimum absolute atomic E-state index is 0.00472. The van der Waals surface area contributed by atoms with E-state index in [1.807, 2.05) is 23.9 Å². The van der Waals surface area contributed by atoms with E-state index < -0.39 is 0 Å². The molecule has 1 heterocycles. The highest BCUT2D eigenvalue weighted by atomic mass is 15.3. The van der Waals surface area contributed by atoms with Crippen molar-refractivity contribution in [3.63, 3.8) is 0 Å². The molecule has 0 aliphatic rings. The van der Waals surface area contributed by atoms with Crippen LogP contribution < -0.4 is 5.73 Å². The normalized spacial score (nSPS) is 12.7. The molecule has 2 N–H and O–H groups in total. The van der Waals surface area contributed by atoms with Crippen molar-refractivity contribution in [3.05, 3.63) is 52.8 Å². The van der Waals surface area contributed by atoms with E-state index in [1.165, 1.54) is 16.7 Å². The highest BCUT2D eigenvalue weighted by Crippen LogP contribution is 2.18. The van der Waals surface area contributed by atoms with Gasteiger partial charge < -0.3 is 5.73 Å². The lowest BCUT2D eigenvalue weighted by atomic mass is 10.00. The minimum Gasteiger partial charge on any atom is -0.322 e. The molecule has 1 unspecified atom stereocenters. The SMILES string of the molecule is Cc1ccc(C(N)Cn2ccc(C)n2)c(C)c1. The topological polar surface area (TPSA) is 43.8 Å². The van der Waals surface area contributed by atoms with Crippen LogP contribution in [0.25, 0.3) is 0 Å². The largest absolute Gasteiger partial charge is 0.322 e. The van der Waals surface area contributed by atoms with Gasteiger partial charge in [-0.2, -0.15) is 5.10 Å². The Bertz CT molecular complexity index is 514. The molecule has 2 rings (SSSR count). The summed E-state index contributed by atoms with van der Waals surface area (Å²) in [5, 5.41) is 4.36. The van der Waals surface area contributed by atoms with Crippen molar-refractivity contribution < 1.29 is 0 Å². The van der Waals surface area contributed by atoms with Gasteiger partial charge in [-0.1, -0.05) is 23.8 Å². The van der Waals surface area contributed by atoms with Crippen molar-refractivity contribution in [1.29, 1.82) is 0 Å². The summed E-state index contributed by atoms with van der Waals surface area (Å²) < 4.78 is 1.90. The first-order chi connectivity index (χ1) is 8.06. The summed E-state index contributed by atoms with van der Waals surface area (Å²) >= 11 is 0. The third-order valence-electron chi connectivity index (χ3n) is 2.98. The molecule has 2 aromatic rings. The third kappa shape index (κ3) is 2.74. The van der Waals surface area contributed by atoms with Crippen molar-refractivity contribution in [1.82, 2.24) is 9.78 Å². The standard InChI is InChI=1S/C14H19N3/c1-10-4-5-13(11(2)8-10)14(15)9-17-7-6-12(3)16-17/h4-8,14H,9,15H2,1-3H3. The first-order valence-electron chi connectivity index (χ1n) is 5.89. The van der Waals surface area contributed by atoms with Gasteiger partial charge in [-0.25, -0.2) is 0 Å². The zero-order chi connectivity index (χ0) is 12.4. The van der Waals surface area contributed by atoms with E-state index in [1.54, 1.807) is 0 Å². The zero-order valence-corrected chi connectivity index (χ0v) is 10.6. The summed E-state index contributed by atoms with van der Waals surface area (Å²) in [5.41, 5.74) is 11.0. The average Bonchev–Trinajstić information content (AvgIpc) is 2.63. The van der Waals surface area contributed by atoms with Crippen LogP contribution in [0.2, 0.25) is 0 Å². The zero-order valence-electron chi connectivity index (χ0n) is 10.6. The van der Waals surface area contributed by atoms with Gasteiger partial charge in [0.1, 0.15) is 0 Å². The fraction of sp³-hybridized carbons (Fsp3) is 0.357. The van der Waals surface area contributed by atoms with Gasteiger partial charge in [0.15, 0.2) is 0 Å². The Morgan fingerprint density at radius 2 is 2.00 bits per heavy atom. The van der Waals surface area contributed by atoms with Crippen LogP contribution in [0.15, 0.2) is 30.5 Å². The smallest absolute Gasteiger partial charge is 0.0602 e. The Balaban J connectivity index is 2.17. The number of nitrogens with two attached hydrogens (primary N) is 1. The van der Waals surface area contributed by atoms with Crippen LogP contribution in [0, 0.1) is 20.8 Å². The lowest BCUT2D eigenvalue weighted by Crippen LogP contribution is -2.19. The Kier molecular flexibility index (Phi) is 3.29. The van der Waals surface area contributed by atoms with Crippen LogP contribution in [0.5, 0.6) is 0 Å². The molecule has 0 bridgehead atoms. The summed E-state index contributed by atoms with van der Waals surface area (Å²) in [4.78, 5) is 0. The Labute approximate surface area is 102 Å². The molecule has 1 aromatic carbocycles. The van der Waals surface area contributed by atoms with Gasteiger partial charge in [-0.15, -0.1) is 0 Å². The van der Waals surface area contributed by atoms with E-state index in [-0.39, 0.29) is 6.04 Å². The maximum atomic E-state index is 6.23. The van der Waals surface area contributed by atoms with Crippen LogP contribution in [-0.2, 0) is 6.54 Å². The van der Waals surface area contributed by atoms with Gasteiger partial charge in [0.2, 0.25) is 0 Å². The molecular weight excluding hydrogens is 210 g/mol. The number of rotatable bonds is 3. The predicted octanol–water partition coefficient (Wildman–Crippen LogP) is 2.51. The quantitative estimate of drug-likeness (QED) is 0.878. The van der Waals surface area contributed by atoms with Crippen molar-refractivity contribution in [2.75, 3.05) is 0 Å². The number of benzene rings is 1. The number of hydrogen-bond donors (Lipinski definition) is 1. The second kappa shape index (κ2) is 4.72. The van der Waals surface area contributed by atoms with Gasteiger partial charge in [-0.05, 0) is 38.0 Å². The average molecular weight is 229 g/mol. The lowest BCUT2D eigenvalue weighted by molar-refractivity contribution is 0.523. The van der Waals surface area contributed by atoms with Crippen molar-refractivity contribution in [2.45, 2.75) is 33.4 Å². The van der Waals surface area contributed by atoms with Crippen LogP contribution >= 0.6 is 0 Å². The van der Waals surface area contributed by atoms with E-state index in [9.17, 15) is 0 Å². The molecule has 0 fully saturated rings. The van der Waals surface area contributed by atoms with Crippen LogP contribution in [0.3, 0.4) is 0 Å². The number of aryl methyl sites for hydroxylation is 3. The summed E-state index contributed by atoms with van der Waals surface area (Å²) in [6, 6.07) is 8.38. The van der Waals surface area contributed by atoms with Crippen LogP contribution in [0.4, 0.5) is 0 Å². The number of nitrogens with zero attached hydrogens (tertiary/aromatic N) is 2. The number of hydrogen-bond acceptors (Lipinski definition) is 2. The van der Waals surface area contributed by atoms with Gasteiger partial charge in [-0.3, -0.25) is 4.68 Å². The minimum atomic E-state index is -0.00472. The molecule has 17 heavy (non-hydrogen) atoms. The molecule has 0 saturated heterocycles. The van der Waals surface area contributed by atoms with E-state index >= 15 is 0 Å². The Morgan fingerprint density at radius 3 is 2.59 bits per heavy atom. The van der Waals surface area contributed by atoms with Gasteiger partial charge >= 0.3 is 0 Å². The monoisotopic (exact) mass is 229 g/mol. The maximum absolute atomic E-state index is 6.23. The van der Waals surface area contributed by atoms with Crippen molar-refractivity contribution in [3.8, 4) is 0 Å². The Morgan fingerprint density at radius 1 is 1.24 bits per heavy atom. The Hall–Kier alpha value is -1.61. The van der Waals surface area contributed by atoms with Crippen LogP contribution in [-0.4, -0.2) is 9.78 Å². The molecule has 90 valence electrons. The fourth-order valence-electron chi connectivity index (χ4n) is 2.11. The highest BCUT2D eigenvalue weighted by Gasteiger charge is 2.10. The highest BCUT2D eigenvalue weighted by molar-refractivity contribution is 5.32. The molecule has 0 aliphatic heterocycles. The molecule has 0 radical (unpaired) electrons. The third-order valence-corrected chi connectivity index (χ3v) is 2.98.